The van der Waals surface area contributed by atoms with E-state index in [1.165, 1.54) is 0 Å². The molecule has 4 nitrogen and oxygen atoms in total. The van der Waals surface area contributed by atoms with Gasteiger partial charge in [0.1, 0.15) is 6.61 Å². The molecule has 0 saturated heterocycles. The average molecular weight is 365 g/mol. The zero-order valence-corrected chi connectivity index (χ0v) is 16.5. The molecular formula is C22H36O4. The summed E-state index contributed by atoms with van der Waals surface area (Å²) in [7, 11) is 0. The summed E-state index contributed by atoms with van der Waals surface area (Å²) in [4.78, 5) is 23.1. The maximum Gasteiger partial charge on any atom is 0.159 e. The Labute approximate surface area is 158 Å². The summed E-state index contributed by atoms with van der Waals surface area (Å²) < 4.78 is 0. The molecule has 0 spiro atoms. The molecule has 2 N–H and O–H groups in total. The molecule has 26 heavy (non-hydrogen) atoms. The van der Waals surface area contributed by atoms with Crippen molar-refractivity contribution in [3.8, 4) is 0 Å². The van der Waals surface area contributed by atoms with Crippen molar-refractivity contribution in [2.45, 2.75) is 83.7 Å². The van der Waals surface area contributed by atoms with E-state index in [1.54, 1.807) is 6.08 Å². The van der Waals surface area contributed by atoms with Crippen LogP contribution >= 0.6 is 0 Å². The van der Waals surface area contributed by atoms with Gasteiger partial charge in [-0.1, -0.05) is 57.3 Å². The summed E-state index contributed by atoms with van der Waals surface area (Å²) in [6, 6.07) is 0. The Hall–Kier alpha value is -1.26. The lowest BCUT2D eigenvalue weighted by molar-refractivity contribution is -0.121. The van der Waals surface area contributed by atoms with Gasteiger partial charge in [0.25, 0.3) is 0 Å². The number of Topliss-reactive ketones (excluding diaryl/α,β-unsaturated/α-hetero) is 1. The highest BCUT2D eigenvalue weighted by Gasteiger charge is 2.27. The average Bonchev–Trinajstić information content (AvgIpc) is 2.96. The Morgan fingerprint density at radius 1 is 1.23 bits per heavy atom. The number of ketones is 2. The van der Waals surface area contributed by atoms with E-state index in [0.717, 1.165) is 51.4 Å². The first-order chi connectivity index (χ1) is 12.4. The molecule has 0 aromatic heterocycles. The lowest BCUT2D eigenvalue weighted by Crippen LogP contribution is -2.22. The van der Waals surface area contributed by atoms with Gasteiger partial charge in [0.2, 0.25) is 0 Å². The summed E-state index contributed by atoms with van der Waals surface area (Å²) in [6.07, 6.45) is 16.4. The van der Waals surface area contributed by atoms with Crippen LogP contribution in [0.25, 0.3) is 0 Å². The van der Waals surface area contributed by atoms with Crippen LogP contribution in [0.5, 0.6) is 0 Å². The lowest BCUT2D eigenvalue weighted by atomic mass is 9.88. The zero-order chi connectivity index (χ0) is 19.4. The van der Waals surface area contributed by atoms with Crippen molar-refractivity contribution >= 4 is 11.6 Å². The van der Waals surface area contributed by atoms with Crippen LogP contribution in [0.2, 0.25) is 0 Å². The van der Waals surface area contributed by atoms with Gasteiger partial charge in [0.05, 0.1) is 5.60 Å². The van der Waals surface area contributed by atoms with Crippen molar-refractivity contribution in [1.82, 2.24) is 0 Å². The first kappa shape index (κ1) is 22.8. The van der Waals surface area contributed by atoms with Crippen LogP contribution in [-0.2, 0) is 9.59 Å². The number of unbranched alkanes of at least 4 members (excludes halogenated alkanes) is 4. The third kappa shape index (κ3) is 8.91. The molecule has 0 bridgehead atoms. The predicted octanol–water partition coefficient (Wildman–Crippen LogP) is 4.15. The molecule has 0 amide bonds. The van der Waals surface area contributed by atoms with Crippen LogP contribution in [-0.4, -0.2) is 34.0 Å². The Bertz CT molecular complexity index is 490. The molecule has 0 saturated carbocycles. The van der Waals surface area contributed by atoms with Gasteiger partial charge in [0.15, 0.2) is 11.6 Å². The second-order valence-corrected chi connectivity index (χ2v) is 7.83. The summed E-state index contributed by atoms with van der Waals surface area (Å²) >= 11 is 0. The molecule has 1 aliphatic carbocycles. The molecule has 148 valence electrons. The van der Waals surface area contributed by atoms with E-state index in [1.807, 2.05) is 19.1 Å². The Morgan fingerprint density at radius 2 is 1.96 bits per heavy atom. The van der Waals surface area contributed by atoms with Crippen molar-refractivity contribution in [3.05, 3.63) is 24.3 Å². The third-order valence-electron chi connectivity index (χ3n) is 5.19. The number of allylic oxidation sites excluding steroid dienone is 3. The predicted molar refractivity (Wildman–Crippen MR) is 105 cm³/mol. The summed E-state index contributed by atoms with van der Waals surface area (Å²) in [5.74, 6) is 0.263. The van der Waals surface area contributed by atoms with Crippen molar-refractivity contribution in [1.29, 1.82) is 0 Å². The van der Waals surface area contributed by atoms with Gasteiger partial charge in [-0.3, -0.25) is 9.59 Å². The van der Waals surface area contributed by atoms with Crippen molar-refractivity contribution in [2.24, 2.45) is 11.8 Å². The van der Waals surface area contributed by atoms with Crippen LogP contribution in [0.3, 0.4) is 0 Å². The molecule has 3 atom stereocenters. The maximum atomic E-state index is 12.1. The fraction of sp³-hybridized carbons (Fsp3) is 0.727. The monoisotopic (exact) mass is 364 g/mol. The molecule has 0 fully saturated rings. The fourth-order valence-electron chi connectivity index (χ4n) is 3.44. The maximum absolute atomic E-state index is 12.1. The molecule has 4 heteroatoms. The van der Waals surface area contributed by atoms with E-state index in [9.17, 15) is 14.7 Å². The molecule has 0 aromatic carbocycles. The number of hydrogen-bond acceptors (Lipinski definition) is 4. The molecule has 0 heterocycles. The number of hydrogen-bond donors (Lipinski definition) is 2. The highest BCUT2D eigenvalue weighted by atomic mass is 16.3. The second kappa shape index (κ2) is 12.2. The first-order valence-electron chi connectivity index (χ1n) is 10.1. The van der Waals surface area contributed by atoms with E-state index in [2.05, 4.69) is 13.0 Å². The second-order valence-electron chi connectivity index (χ2n) is 7.83. The smallest absolute Gasteiger partial charge is 0.159 e. The van der Waals surface area contributed by atoms with E-state index in [0.29, 0.717) is 12.8 Å². The van der Waals surface area contributed by atoms with Crippen molar-refractivity contribution in [3.63, 3.8) is 0 Å². The summed E-state index contributed by atoms with van der Waals surface area (Å²) in [6.45, 7) is 3.64. The molecule has 0 aromatic rings. The van der Waals surface area contributed by atoms with Crippen LogP contribution in [0.4, 0.5) is 0 Å². The minimum Gasteiger partial charge on any atom is -0.390 e. The topological polar surface area (TPSA) is 74.6 Å². The molecule has 1 unspecified atom stereocenters. The largest absolute Gasteiger partial charge is 0.390 e. The van der Waals surface area contributed by atoms with Gasteiger partial charge in [-0.25, -0.2) is 0 Å². The molecular weight excluding hydrogens is 328 g/mol. The number of aliphatic hydroxyl groups is 2. The number of carbonyl (C=O) groups is 2. The SMILES string of the molecule is CCCCC(C)(O)CC=C[C@H]1C=CC(=O)[C@@H]1CCCCCCC(=O)CO. The highest BCUT2D eigenvalue weighted by molar-refractivity contribution is 5.94. The van der Waals surface area contributed by atoms with Gasteiger partial charge in [-0.05, 0) is 38.7 Å². The van der Waals surface area contributed by atoms with Gasteiger partial charge in [-0.2, -0.15) is 0 Å². The highest BCUT2D eigenvalue weighted by Crippen LogP contribution is 2.29. The van der Waals surface area contributed by atoms with E-state index < -0.39 is 5.60 Å². The first-order valence-corrected chi connectivity index (χ1v) is 10.1. The summed E-state index contributed by atoms with van der Waals surface area (Å²) in [5, 5.41) is 19.0. The normalized spacial score (nSPS) is 22.2. The number of rotatable bonds is 14. The number of aliphatic hydroxyl groups excluding tert-OH is 1. The Kier molecular flexibility index (Phi) is 10.7. The van der Waals surface area contributed by atoms with Crippen molar-refractivity contribution < 1.29 is 19.8 Å². The zero-order valence-electron chi connectivity index (χ0n) is 16.5. The van der Waals surface area contributed by atoms with Crippen LogP contribution in [0.15, 0.2) is 24.3 Å². The molecule has 0 radical (unpaired) electrons. The Balaban J connectivity index is 2.32. The standard InChI is InChI=1S/C22H36O4/c1-3-4-15-22(2,26)16-9-10-18-13-14-21(25)20(18)12-8-6-5-7-11-19(24)17-23/h9-10,13-14,18,20,23,26H,3-8,11-12,15-17H2,1-2H3/t18-,20+,22?/m0/s1. The molecule has 1 aliphatic rings. The van der Waals surface area contributed by atoms with E-state index in [4.69, 9.17) is 5.11 Å². The van der Waals surface area contributed by atoms with Crippen LogP contribution in [0, 0.1) is 11.8 Å². The van der Waals surface area contributed by atoms with Gasteiger partial charge in [-0.15, -0.1) is 0 Å². The molecule has 1 rings (SSSR count). The Morgan fingerprint density at radius 3 is 2.65 bits per heavy atom. The third-order valence-corrected chi connectivity index (χ3v) is 5.19. The van der Waals surface area contributed by atoms with E-state index >= 15 is 0 Å². The van der Waals surface area contributed by atoms with Gasteiger partial charge < -0.3 is 10.2 Å². The van der Waals surface area contributed by atoms with Crippen LogP contribution < -0.4 is 0 Å². The van der Waals surface area contributed by atoms with Gasteiger partial charge in [0, 0.05) is 18.3 Å². The summed E-state index contributed by atoms with van der Waals surface area (Å²) in [5.41, 5.74) is -0.666. The van der Waals surface area contributed by atoms with Crippen molar-refractivity contribution in [2.75, 3.05) is 6.61 Å². The quantitative estimate of drug-likeness (QED) is 0.359. The fourth-order valence-corrected chi connectivity index (χ4v) is 3.44. The van der Waals surface area contributed by atoms with E-state index in [-0.39, 0.29) is 30.0 Å². The minimum atomic E-state index is -0.666. The number of carbonyl (C=O) groups excluding carboxylic acids is 2. The minimum absolute atomic E-state index is 0.0194. The molecule has 0 aliphatic heterocycles. The lowest BCUT2D eigenvalue weighted by Gasteiger charge is -2.21. The van der Waals surface area contributed by atoms with Crippen LogP contribution in [0.1, 0.15) is 78.1 Å². The van der Waals surface area contributed by atoms with Gasteiger partial charge >= 0.3 is 0 Å².